The van der Waals surface area contributed by atoms with Gasteiger partial charge in [0.2, 0.25) is 0 Å². The molecule has 0 aromatic carbocycles. The molecule has 0 unspecified atom stereocenters. The number of aliphatic carboxylic acids is 1. The third kappa shape index (κ3) is 4.60. The highest BCUT2D eigenvalue weighted by Crippen LogP contribution is 2.40. The lowest BCUT2D eigenvalue weighted by Gasteiger charge is -2.29. The zero-order chi connectivity index (χ0) is 17.6. The molecule has 6 heteroatoms. The average molecular weight is 337 g/mol. The first kappa shape index (κ1) is 18.5. The van der Waals surface area contributed by atoms with Crippen LogP contribution in [0.5, 0.6) is 0 Å². The highest BCUT2D eigenvalue weighted by molar-refractivity contribution is 5.97. The molecule has 24 heavy (non-hydrogen) atoms. The summed E-state index contributed by atoms with van der Waals surface area (Å²) >= 11 is 0. The van der Waals surface area contributed by atoms with Crippen molar-refractivity contribution in [3.8, 4) is 0 Å². The molecule has 6 nitrogen and oxygen atoms in total. The van der Waals surface area contributed by atoms with Crippen molar-refractivity contribution >= 4 is 11.9 Å². The van der Waals surface area contributed by atoms with Gasteiger partial charge in [0.25, 0.3) is 5.91 Å². The van der Waals surface area contributed by atoms with Gasteiger partial charge in [0.1, 0.15) is 12.2 Å². The zero-order valence-corrected chi connectivity index (χ0v) is 14.5. The Bertz CT molecular complexity index is 572. The number of amides is 1. The summed E-state index contributed by atoms with van der Waals surface area (Å²) in [6, 6.07) is 0. The first-order chi connectivity index (χ1) is 11.5. The SMILES string of the molecule is CCOCCC1(CNC(=O)c2c(C)coc2CC(=O)O)CCCC1. The highest BCUT2D eigenvalue weighted by Gasteiger charge is 2.34. The summed E-state index contributed by atoms with van der Waals surface area (Å²) in [6.45, 7) is 5.74. The fourth-order valence-corrected chi connectivity index (χ4v) is 3.50. The van der Waals surface area contributed by atoms with E-state index in [9.17, 15) is 9.59 Å². The van der Waals surface area contributed by atoms with Crippen molar-refractivity contribution in [2.75, 3.05) is 19.8 Å². The summed E-state index contributed by atoms with van der Waals surface area (Å²) in [5, 5.41) is 11.9. The minimum Gasteiger partial charge on any atom is -0.481 e. The molecule has 1 aliphatic carbocycles. The fraction of sp³-hybridized carbons (Fsp3) is 0.667. The van der Waals surface area contributed by atoms with Gasteiger partial charge in [0.05, 0.1) is 11.8 Å². The van der Waals surface area contributed by atoms with E-state index in [2.05, 4.69) is 5.32 Å². The van der Waals surface area contributed by atoms with Gasteiger partial charge in [-0.1, -0.05) is 12.8 Å². The van der Waals surface area contributed by atoms with Gasteiger partial charge in [-0.15, -0.1) is 0 Å². The Morgan fingerprint density at radius 3 is 2.71 bits per heavy atom. The van der Waals surface area contributed by atoms with E-state index in [4.69, 9.17) is 14.3 Å². The Labute approximate surface area is 142 Å². The number of nitrogens with one attached hydrogen (secondary N) is 1. The van der Waals surface area contributed by atoms with Crippen LogP contribution in [0.25, 0.3) is 0 Å². The first-order valence-corrected chi connectivity index (χ1v) is 8.62. The molecule has 0 spiro atoms. The largest absolute Gasteiger partial charge is 0.481 e. The smallest absolute Gasteiger partial charge is 0.311 e. The molecule has 2 N–H and O–H groups in total. The number of hydrogen-bond donors (Lipinski definition) is 2. The summed E-state index contributed by atoms with van der Waals surface area (Å²) in [5.41, 5.74) is 1.11. The Kier molecular flexibility index (Phi) is 6.43. The maximum absolute atomic E-state index is 12.6. The van der Waals surface area contributed by atoms with Gasteiger partial charge in [0.15, 0.2) is 0 Å². The number of rotatable bonds is 9. The number of ether oxygens (including phenoxy) is 1. The van der Waals surface area contributed by atoms with Crippen molar-refractivity contribution in [3.05, 3.63) is 23.2 Å². The molecular weight excluding hydrogens is 310 g/mol. The number of furan rings is 1. The van der Waals surface area contributed by atoms with Gasteiger partial charge >= 0.3 is 5.97 Å². The second-order valence-corrected chi connectivity index (χ2v) is 6.62. The Morgan fingerprint density at radius 2 is 2.08 bits per heavy atom. The third-order valence-corrected chi connectivity index (χ3v) is 4.86. The number of carbonyl (C=O) groups excluding carboxylic acids is 1. The molecule has 1 amide bonds. The molecule has 1 fully saturated rings. The number of carboxylic acids is 1. The van der Waals surface area contributed by atoms with Crippen LogP contribution in [0.3, 0.4) is 0 Å². The van der Waals surface area contributed by atoms with Crippen molar-refractivity contribution in [2.45, 2.75) is 52.4 Å². The molecule has 1 heterocycles. The molecule has 1 saturated carbocycles. The minimum atomic E-state index is -1.01. The van der Waals surface area contributed by atoms with E-state index in [1.807, 2.05) is 6.92 Å². The standard InChI is InChI=1S/C18H27NO5/c1-3-23-9-8-18(6-4-5-7-18)12-19-17(22)16-13(2)11-24-14(16)10-15(20)21/h11H,3-10,12H2,1-2H3,(H,19,22)(H,20,21). The topological polar surface area (TPSA) is 88.8 Å². The predicted molar refractivity (Wildman–Crippen MR) is 89.1 cm³/mol. The second-order valence-electron chi connectivity index (χ2n) is 6.62. The number of carboxylic acid groups (broad SMARTS) is 1. The maximum atomic E-state index is 12.6. The fourth-order valence-electron chi connectivity index (χ4n) is 3.50. The second kappa shape index (κ2) is 8.33. The van der Waals surface area contributed by atoms with E-state index in [1.54, 1.807) is 6.92 Å². The van der Waals surface area contributed by atoms with Crippen LogP contribution in [-0.2, 0) is 16.0 Å². The van der Waals surface area contributed by atoms with Crippen molar-refractivity contribution in [1.29, 1.82) is 0 Å². The average Bonchev–Trinajstić information content (AvgIpc) is 3.13. The molecule has 0 aliphatic heterocycles. The lowest BCUT2D eigenvalue weighted by molar-refractivity contribution is -0.136. The lowest BCUT2D eigenvalue weighted by Crippen LogP contribution is -2.37. The van der Waals surface area contributed by atoms with Gasteiger partial charge in [-0.2, -0.15) is 0 Å². The molecule has 0 atom stereocenters. The van der Waals surface area contributed by atoms with Gasteiger partial charge in [-0.25, -0.2) is 0 Å². The van der Waals surface area contributed by atoms with Crippen LogP contribution in [0.15, 0.2) is 10.7 Å². The summed E-state index contributed by atoms with van der Waals surface area (Å²) in [6.07, 6.45) is 6.63. The number of aryl methyl sites for hydroxylation is 1. The molecular formula is C18H27NO5. The lowest BCUT2D eigenvalue weighted by atomic mass is 9.83. The van der Waals surface area contributed by atoms with Crippen molar-refractivity contribution in [3.63, 3.8) is 0 Å². The summed E-state index contributed by atoms with van der Waals surface area (Å²) < 4.78 is 10.7. The van der Waals surface area contributed by atoms with Crippen LogP contribution in [-0.4, -0.2) is 36.7 Å². The highest BCUT2D eigenvalue weighted by atomic mass is 16.5. The van der Waals surface area contributed by atoms with Crippen molar-refractivity contribution < 1.29 is 23.8 Å². The van der Waals surface area contributed by atoms with E-state index in [1.165, 1.54) is 19.1 Å². The van der Waals surface area contributed by atoms with E-state index < -0.39 is 5.97 Å². The van der Waals surface area contributed by atoms with E-state index >= 15 is 0 Å². The van der Waals surface area contributed by atoms with Gasteiger partial charge in [-0.05, 0) is 38.5 Å². The van der Waals surface area contributed by atoms with Crippen molar-refractivity contribution in [2.24, 2.45) is 5.41 Å². The summed E-state index contributed by atoms with van der Waals surface area (Å²) in [7, 11) is 0. The minimum absolute atomic E-state index is 0.0927. The Balaban J connectivity index is 2.01. The molecule has 0 saturated heterocycles. The van der Waals surface area contributed by atoms with Gasteiger partial charge in [0, 0.05) is 25.3 Å². The van der Waals surface area contributed by atoms with Crippen molar-refractivity contribution in [1.82, 2.24) is 5.32 Å². The molecule has 134 valence electrons. The van der Waals surface area contributed by atoms with Crippen LogP contribution < -0.4 is 5.32 Å². The molecule has 0 bridgehead atoms. The maximum Gasteiger partial charge on any atom is 0.311 e. The molecule has 1 aliphatic rings. The Morgan fingerprint density at radius 1 is 1.38 bits per heavy atom. The van der Waals surface area contributed by atoms with Crippen LogP contribution >= 0.6 is 0 Å². The van der Waals surface area contributed by atoms with E-state index in [0.717, 1.165) is 19.3 Å². The van der Waals surface area contributed by atoms with E-state index in [0.29, 0.717) is 30.9 Å². The molecule has 0 radical (unpaired) electrons. The van der Waals surface area contributed by atoms with E-state index in [-0.39, 0.29) is 23.5 Å². The van der Waals surface area contributed by atoms with Crippen LogP contribution in [0.2, 0.25) is 0 Å². The molecule has 1 aromatic rings. The zero-order valence-electron chi connectivity index (χ0n) is 14.5. The molecule has 2 rings (SSSR count). The quantitative estimate of drug-likeness (QED) is 0.676. The molecule has 1 aromatic heterocycles. The summed E-state index contributed by atoms with van der Waals surface area (Å²) in [4.78, 5) is 23.5. The normalized spacial score (nSPS) is 16.2. The van der Waals surface area contributed by atoms with Crippen LogP contribution in [0.1, 0.15) is 60.7 Å². The van der Waals surface area contributed by atoms with Gasteiger partial charge in [-0.3, -0.25) is 9.59 Å². The Hall–Kier alpha value is -1.82. The number of hydrogen-bond acceptors (Lipinski definition) is 4. The van der Waals surface area contributed by atoms with Gasteiger partial charge < -0.3 is 19.6 Å². The first-order valence-electron chi connectivity index (χ1n) is 8.62. The third-order valence-electron chi connectivity index (χ3n) is 4.86. The van der Waals surface area contributed by atoms with Crippen LogP contribution in [0.4, 0.5) is 0 Å². The number of carbonyl (C=O) groups is 2. The monoisotopic (exact) mass is 337 g/mol. The van der Waals surface area contributed by atoms with Crippen LogP contribution in [0, 0.1) is 12.3 Å². The predicted octanol–water partition coefficient (Wildman–Crippen LogP) is 2.93. The summed E-state index contributed by atoms with van der Waals surface area (Å²) in [5.74, 6) is -1.05.